The number of oxime groups is 1. The van der Waals surface area contributed by atoms with Gasteiger partial charge in [-0.2, -0.15) is 0 Å². The minimum absolute atomic E-state index is 0.194. The number of hydrogen-bond acceptors (Lipinski definition) is 5. The summed E-state index contributed by atoms with van der Waals surface area (Å²) in [5.74, 6) is 0.939. The summed E-state index contributed by atoms with van der Waals surface area (Å²) in [7, 11) is 4.53. The zero-order valence-electron chi connectivity index (χ0n) is 13.9. The van der Waals surface area contributed by atoms with E-state index in [0.29, 0.717) is 17.1 Å². The number of methoxy groups -OCH3 is 1. The van der Waals surface area contributed by atoms with Gasteiger partial charge in [-0.05, 0) is 17.7 Å². The van der Waals surface area contributed by atoms with Gasteiger partial charge in [0.25, 0.3) is 5.91 Å². The number of ether oxygens (including phenoxy) is 2. The smallest absolute Gasteiger partial charge is 0.273 e. The van der Waals surface area contributed by atoms with E-state index in [-0.39, 0.29) is 18.2 Å². The molecule has 2 aromatic rings. The van der Waals surface area contributed by atoms with Crippen molar-refractivity contribution in [3.05, 3.63) is 59.7 Å². The quantitative estimate of drug-likeness (QED) is 0.626. The number of hydrogen-bond donors (Lipinski definition) is 1. The number of amides is 1. The molecule has 0 radical (unpaired) electrons. The van der Waals surface area contributed by atoms with Crippen LogP contribution in [0, 0.1) is 0 Å². The molecule has 0 aliphatic heterocycles. The Morgan fingerprint density at radius 3 is 2.38 bits per heavy atom. The molecular formula is C18H20N2O4. The van der Waals surface area contributed by atoms with Gasteiger partial charge in [0, 0.05) is 12.6 Å². The molecular weight excluding hydrogens is 308 g/mol. The summed E-state index contributed by atoms with van der Waals surface area (Å²) in [6.45, 7) is 0.260. The molecule has 0 aliphatic carbocycles. The molecule has 0 atom stereocenters. The predicted molar refractivity (Wildman–Crippen MR) is 91.4 cm³/mol. The Balaban J connectivity index is 2.29. The van der Waals surface area contributed by atoms with E-state index in [0.717, 1.165) is 5.56 Å². The maximum Gasteiger partial charge on any atom is 0.273 e. The van der Waals surface area contributed by atoms with Crippen molar-refractivity contribution in [1.29, 1.82) is 0 Å². The number of carbonyl (C=O) groups excluding carboxylic acids is 1. The first-order valence-electron chi connectivity index (χ1n) is 7.38. The van der Waals surface area contributed by atoms with Crippen LogP contribution >= 0.6 is 0 Å². The zero-order valence-corrected chi connectivity index (χ0v) is 13.9. The lowest BCUT2D eigenvalue weighted by atomic mass is 10.0. The molecule has 0 saturated heterocycles. The first-order valence-corrected chi connectivity index (χ1v) is 7.38. The Morgan fingerprint density at radius 1 is 1.04 bits per heavy atom. The van der Waals surface area contributed by atoms with Crippen molar-refractivity contribution >= 4 is 11.6 Å². The van der Waals surface area contributed by atoms with Crippen molar-refractivity contribution < 1.29 is 19.1 Å². The predicted octanol–water partition coefficient (Wildman–Crippen LogP) is 2.37. The molecule has 0 heterocycles. The first-order chi connectivity index (χ1) is 11.7. The zero-order chi connectivity index (χ0) is 17.4. The van der Waals surface area contributed by atoms with Crippen LogP contribution in [0.15, 0.2) is 53.7 Å². The molecule has 0 bridgehead atoms. The van der Waals surface area contributed by atoms with Crippen molar-refractivity contribution in [2.75, 3.05) is 21.3 Å². The maximum absolute atomic E-state index is 12.0. The number of nitrogens with one attached hydrogen (secondary N) is 1. The standard InChI is InChI=1S/C18H20N2O4/c1-19-18(21)17(20-23-3)14-9-5-4-8-13(14)12-24-16-11-7-6-10-15(16)22-2/h4-11H,12H2,1-3H3,(H,19,21). The van der Waals surface area contributed by atoms with E-state index in [1.807, 2.05) is 42.5 Å². The highest BCUT2D eigenvalue weighted by Gasteiger charge is 2.17. The van der Waals surface area contributed by atoms with Gasteiger partial charge in [-0.25, -0.2) is 0 Å². The number of likely N-dealkylation sites (N-methyl/N-ethyl adjacent to an activating group) is 1. The summed E-state index contributed by atoms with van der Waals surface area (Å²) in [5.41, 5.74) is 1.65. The average molecular weight is 328 g/mol. The second kappa shape index (κ2) is 8.57. The van der Waals surface area contributed by atoms with Gasteiger partial charge in [0.05, 0.1) is 7.11 Å². The summed E-state index contributed by atoms with van der Waals surface area (Å²) in [6, 6.07) is 14.8. The van der Waals surface area contributed by atoms with Crippen LogP contribution in [0.25, 0.3) is 0 Å². The fraction of sp³-hybridized carbons (Fsp3) is 0.222. The summed E-state index contributed by atoms with van der Waals surface area (Å²) in [5, 5.41) is 6.40. The first kappa shape index (κ1) is 17.3. The van der Waals surface area contributed by atoms with Crippen LogP contribution < -0.4 is 14.8 Å². The molecule has 0 fully saturated rings. The number of nitrogens with zero attached hydrogens (tertiary/aromatic N) is 1. The van der Waals surface area contributed by atoms with Crippen LogP contribution in [-0.4, -0.2) is 32.9 Å². The van der Waals surface area contributed by atoms with Crippen molar-refractivity contribution in [3.8, 4) is 11.5 Å². The second-order valence-electron chi connectivity index (χ2n) is 4.80. The Hall–Kier alpha value is -3.02. The van der Waals surface area contributed by atoms with E-state index in [4.69, 9.17) is 14.3 Å². The number of para-hydroxylation sites is 2. The van der Waals surface area contributed by atoms with Crippen molar-refractivity contribution in [2.45, 2.75) is 6.61 Å². The van der Waals surface area contributed by atoms with Gasteiger partial charge < -0.3 is 19.6 Å². The summed E-state index contributed by atoms with van der Waals surface area (Å²) in [4.78, 5) is 16.8. The average Bonchev–Trinajstić information content (AvgIpc) is 2.64. The molecule has 6 heteroatoms. The minimum Gasteiger partial charge on any atom is -0.493 e. The van der Waals surface area contributed by atoms with Gasteiger partial charge in [-0.15, -0.1) is 0 Å². The Bertz CT molecular complexity index is 728. The Morgan fingerprint density at radius 2 is 1.71 bits per heavy atom. The molecule has 0 aromatic heterocycles. The molecule has 2 aromatic carbocycles. The summed E-state index contributed by atoms with van der Waals surface area (Å²) in [6.07, 6.45) is 0. The fourth-order valence-corrected chi connectivity index (χ4v) is 2.19. The van der Waals surface area contributed by atoms with Crippen LogP contribution in [0.1, 0.15) is 11.1 Å². The van der Waals surface area contributed by atoms with Gasteiger partial charge in [0.1, 0.15) is 13.7 Å². The van der Waals surface area contributed by atoms with Gasteiger partial charge in [-0.3, -0.25) is 4.79 Å². The van der Waals surface area contributed by atoms with Crippen LogP contribution in [0.5, 0.6) is 11.5 Å². The summed E-state index contributed by atoms with van der Waals surface area (Å²) < 4.78 is 11.1. The monoisotopic (exact) mass is 328 g/mol. The molecule has 2 rings (SSSR count). The highest BCUT2D eigenvalue weighted by atomic mass is 16.6. The largest absolute Gasteiger partial charge is 0.493 e. The van der Waals surface area contributed by atoms with E-state index in [1.54, 1.807) is 20.2 Å². The normalized spacial score (nSPS) is 10.9. The van der Waals surface area contributed by atoms with Gasteiger partial charge in [0.2, 0.25) is 0 Å². The van der Waals surface area contributed by atoms with E-state index < -0.39 is 0 Å². The van der Waals surface area contributed by atoms with E-state index in [1.165, 1.54) is 7.11 Å². The fourth-order valence-electron chi connectivity index (χ4n) is 2.19. The lowest BCUT2D eigenvalue weighted by Crippen LogP contribution is -2.29. The highest BCUT2D eigenvalue weighted by molar-refractivity contribution is 6.45. The molecule has 0 aliphatic rings. The number of rotatable bonds is 7. The van der Waals surface area contributed by atoms with Gasteiger partial charge in [0.15, 0.2) is 17.2 Å². The molecule has 6 nitrogen and oxygen atoms in total. The number of carbonyl (C=O) groups is 1. The third-order valence-electron chi connectivity index (χ3n) is 3.35. The van der Waals surface area contributed by atoms with Crippen LogP contribution in [-0.2, 0) is 16.2 Å². The van der Waals surface area contributed by atoms with E-state index >= 15 is 0 Å². The highest BCUT2D eigenvalue weighted by Crippen LogP contribution is 2.27. The van der Waals surface area contributed by atoms with Crippen molar-refractivity contribution in [3.63, 3.8) is 0 Å². The topological polar surface area (TPSA) is 69.2 Å². The molecule has 0 unspecified atom stereocenters. The van der Waals surface area contributed by atoms with E-state index in [9.17, 15) is 4.79 Å². The molecule has 1 amide bonds. The Labute approximate surface area is 141 Å². The van der Waals surface area contributed by atoms with Crippen LogP contribution in [0.2, 0.25) is 0 Å². The molecule has 0 saturated carbocycles. The lowest BCUT2D eigenvalue weighted by Gasteiger charge is -2.13. The van der Waals surface area contributed by atoms with Crippen molar-refractivity contribution in [2.24, 2.45) is 5.16 Å². The molecule has 0 spiro atoms. The van der Waals surface area contributed by atoms with E-state index in [2.05, 4.69) is 10.5 Å². The van der Waals surface area contributed by atoms with Crippen LogP contribution in [0.3, 0.4) is 0 Å². The minimum atomic E-state index is -0.332. The third kappa shape index (κ3) is 4.04. The molecule has 126 valence electrons. The van der Waals surface area contributed by atoms with Crippen molar-refractivity contribution in [1.82, 2.24) is 5.32 Å². The van der Waals surface area contributed by atoms with Gasteiger partial charge in [-0.1, -0.05) is 41.6 Å². The Kier molecular flexibility index (Phi) is 6.19. The molecule has 1 N–H and O–H groups in total. The third-order valence-corrected chi connectivity index (χ3v) is 3.35. The van der Waals surface area contributed by atoms with Gasteiger partial charge >= 0.3 is 0 Å². The van der Waals surface area contributed by atoms with Crippen LogP contribution in [0.4, 0.5) is 0 Å². The SMILES string of the molecule is CNC(=O)C(=NOC)c1ccccc1COc1ccccc1OC. The lowest BCUT2D eigenvalue weighted by molar-refractivity contribution is -0.114. The number of benzene rings is 2. The second-order valence-corrected chi connectivity index (χ2v) is 4.80. The molecule has 24 heavy (non-hydrogen) atoms. The summed E-state index contributed by atoms with van der Waals surface area (Å²) >= 11 is 0. The maximum atomic E-state index is 12.0.